The number of methoxy groups -OCH3 is 1. The van der Waals surface area contributed by atoms with Gasteiger partial charge in [0.2, 0.25) is 0 Å². The van der Waals surface area contributed by atoms with E-state index in [2.05, 4.69) is 4.90 Å². The van der Waals surface area contributed by atoms with E-state index in [4.69, 9.17) is 4.74 Å². The maximum Gasteiger partial charge on any atom is 0.417 e. The van der Waals surface area contributed by atoms with Crippen molar-refractivity contribution >= 4 is 29.5 Å². The number of carboxylic acids is 1. The monoisotopic (exact) mass is 603 g/mol. The number of rotatable bonds is 9. The molecule has 4 nitrogen and oxygen atoms in total. The number of likely N-dealkylation sites (tertiary alicyclic amines) is 1. The van der Waals surface area contributed by atoms with E-state index in [0.29, 0.717) is 42.7 Å². The molecule has 1 fully saturated rings. The summed E-state index contributed by atoms with van der Waals surface area (Å²) in [5, 5.41) is 9.56. The van der Waals surface area contributed by atoms with Crippen LogP contribution in [0.2, 0.25) is 0 Å². The summed E-state index contributed by atoms with van der Waals surface area (Å²) in [5.74, 6) is -0.412. The van der Waals surface area contributed by atoms with E-state index >= 15 is 0 Å². The Hall–Kier alpha value is -3.36. The number of fused-ring (bicyclic) bond motifs is 1. The Balaban J connectivity index is 0.00000405. The van der Waals surface area contributed by atoms with Crippen LogP contribution in [0.1, 0.15) is 63.0 Å². The molecular formula is C33H34ClF4NO3. The zero-order valence-corrected chi connectivity index (χ0v) is 24.2. The number of carbonyl (C=O) groups is 1. The fraction of sp³-hybridized carbons (Fsp3) is 0.364. The van der Waals surface area contributed by atoms with E-state index in [9.17, 15) is 27.5 Å². The van der Waals surface area contributed by atoms with Crippen LogP contribution in [0.5, 0.6) is 5.75 Å². The van der Waals surface area contributed by atoms with Gasteiger partial charge in [-0.1, -0.05) is 36.4 Å². The molecule has 9 heteroatoms. The Morgan fingerprint density at radius 2 is 1.71 bits per heavy atom. The number of allylic oxidation sites excluding steroid dienone is 1. The van der Waals surface area contributed by atoms with Gasteiger partial charge in [-0.2, -0.15) is 13.2 Å². The lowest BCUT2D eigenvalue weighted by Gasteiger charge is -2.39. The minimum absolute atomic E-state index is 0. The van der Waals surface area contributed by atoms with Gasteiger partial charge in [0.15, 0.2) is 0 Å². The second-order valence-electron chi connectivity index (χ2n) is 10.9. The lowest BCUT2D eigenvalue weighted by Crippen LogP contribution is -2.47. The molecule has 0 aromatic heterocycles. The molecule has 3 aromatic rings. The molecule has 1 N–H and O–H groups in total. The largest absolute Gasteiger partial charge is 0.497 e. The van der Waals surface area contributed by atoms with Gasteiger partial charge in [-0.15, -0.1) is 12.4 Å². The number of alkyl halides is 4. The fourth-order valence-electron chi connectivity index (χ4n) is 6.08. The van der Waals surface area contributed by atoms with Crippen LogP contribution in [-0.2, 0) is 19.0 Å². The summed E-state index contributed by atoms with van der Waals surface area (Å²) < 4.78 is 60.6. The number of nitrogens with zero attached hydrogens (tertiary/aromatic N) is 1. The van der Waals surface area contributed by atoms with E-state index in [1.165, 1.54) is 19.2 Å². The number of hydrogen-bond donors (Lipinski definition) is 1. The predicted molar refractivity (Wildman–Crippen MR) is 158 cm³/mol. The summed E-state index contributed by atoms with van der Waals surface area (Å²) in [6.45, 7) is 2.35. The molecule has 2 aliphatic rings. The van der Waals surface area contributed by atoms with Gasteiger partial charge in [-0.25, -0.2) is 4.79 Å². The summed E-state index contributed by atoms with van der Waals surface area (Å²) in [6, 6.07) is 16.9. The first-order valence-electron chi connectivity index (χ1n) is 13.9. The Kier molecular flexibility index (Phi) is 10.00. The molecule has 42 heavy (non-hydrogen) atoms. The molecule has 0 saturated carbocycles. The van der Waals surface area contributed by atoms with Crippen molar-refractivity contribution in [2.24, 2.45) is 5.92 Å². The molecule has 0 bridgehead atoms. The lowest BCUT2D eigenvalue weighted by molar-refractivity contribution is -0.137. The van der Waals surface area contributed by atoms with E-state index in [1.807, 2.05) is 24.3 Å². The molecule has 1 saturated heterocycles. The molecule has 1 aliphatic carbocycles. The maximum atomic E-state index is 14.3. The second kappa shape index (κ2) is 13.3. The van der Waals surface area contributed by atoms with Crippen molar-refractivity contribution in [3.05, 3.63) is 99.6 Å². The van der Waals surface area contributed by atoms with E-state index < -0.39 is 17.7 Å². The summed E-state index contributed by atoms with van der Waals surface area (Å²) in [7, 11) is 1.34. The third-order valence-corrected chi connectivity index (χ3v) is 8.06. The Morgan fingerprint density at radius 1 is 1.00 bits per heavy atom. The topological polar surface area (TPSA) is 49.8 Å². The molecule has 1 aliphatic heterocycles. The highest BCUT2D eigenvalue weighted by molar-refractivity contribution is 6.01. The molecule has 5 rings (SSSR count). The highest BCUT2D eigenvalue weighted by Gasteiger charge is 2.36. The number of benzene rings is 3. The second-order valence-corrected chi connectivity index (χ2v) is 10.9. The maximum absolute atomic E-state index is 14.3. The number of hydrogen-bond acceptors (Lipinski definition) is 3. The van der Waals surface area contributed by atoms with Crippen LogP contribution >= 0.6 is 12.4 Å². The SMILES string of the molecule is COc1ccc(C2=C(c3ccc(CC4CN(CCCF)C4)cc3)c3ccc(C(=O)O)cc3CCC2)c(C(F)(F)F)c1.Cl. The van der Waals surface area contributed by atoms with Crippen LogP contribution in [0.15, 0.2) is 60.7 Å². The first kappa shape index (κ1) is 31.6. The summed E-state index contributed by atoms with van der Waals surface area (Å²) in [5.41, 5.74) is 4.27. The number of aromatic carboxylic acids is 1. The average Bonchev–Trinajstić information content (AvgIpc) is 3.13. The quantitative estimate of drug-likeness (QED) is 0.252. The van der Waals surface area contributed by atoms with Crippen molar-refractivity contribution < 1.29 is 32.2 Å². The van der Waals surface area contributed by atoms with Crippen LogP contribution < -0.4 is 4.74 Å². The standard InChI is InChI=1S/C33H33F4NO3.ClH/c1-41-26-11-13-28(30(18-26)33(35,36)37)29-5-2-4-24-17-25(32(39)40)10-12-27(24)31(29)23-8-6-21(7-9-23)16-22-19-38(20-22)15-3-14-34;/h6-13,17-18,22H,2-5,14-16,19-20H2,1H3,(H,39,40);1H. The molecule has 0 spiro atoms. The average molecular weight is 604 g/mol. The van der Waals surface area contributed by atoms with Gasteiger partial charge in [-0.05, 0) is 101 Å². The highest BCUT2D eigenvalue weighted by atomic mass is 35.5. The fourth-order valence-corrected chi connectivity index (χ4v) is 6.08. The van der Waals surface area contributed by atoms with Crippen molar-refractivity contribution in [1.82, 2.24) is 4.90 Å². The third kappa shape index (κ3) is 6.81. The third-order valence-electron chi connectivity index (χ3n) is 8.06. The minimum Gasteiger partial charge on any atom is -0.497 e. The number of halogens is 5. The van der Waals surface area contributed by atoms with Gasteiger partial charge >= 0.3 is 12.1 Å². The van der Waals surface area contributed by atoms with Gasteiger partial charge in [-0.3, -0.25) is 4.39 Å². The van der Waals surface area contributed by atoms with Gasteiger partial charge < -0.3 is 14.7 Å². The van der Waals surface area contributed by atoms with E-state index in [1.54, 1.807) is 18.2 Å². The van der Waals surface area contributed by atoms with Gasteiger partial charge in [0.25, 0.3) is 0 Å². The Bertz CT molecular complexity index is 1450. The van der Waals surface area contributed by atoms with Crippen LogP contribution in [0.3, 0.4) is 0 Å². The molecule has 0 atom stereocenters. The summed E-state index contributed by atoms with van der Waals surface area (Å²) in [6.07, 6.45) is -1.61. The smallest absolute Gasteiger partial charge is 0.417 e. The summed E-state index contributed by atoms with van der Waals surface area (Å²) >= 11 is 0. The van der Waals surface area contributed by atoms with Crippen molar-refractivity contribution in [1.29, 1.82) is 0 Å². The Labute approximate surface area is 249 Å². The lowest BCUT2D eigenvalue weighted by atomic mass is 9.85. The van der Waals surface area contributed by atoms with Crippen LogP contribution in [0.25, 0.3) is 11.1 Å². The number of carboxylic acid groups (broad SMARTS) is 1. The zero-order valence-electron chi connectivity index (χ0n) is 23.3. The Morgan fingerprint density at radius 3 is 2.36 bits per heavy atom. The predicted octanol–water partition coefficient (Wildman–Crippen LogP) is 7.96. The van der Waals surface area contributed by atoms with E-state index in [-0.39, 0.29) is 36.0 Å². The van der Waals surface area contributed by atoms with Gasteiger partial charge in [0.1, 0.15) is 5.75 Å². The molecule has 1 heterocycles. The van der Waals surface area contributed by atoms with Crippen molar-refractivity contribution in [3.8, 4) is 5.75 Å². The normalized spacial score (nSPS) is 15.8. The molecule has 3 aromatic carbocycles. The first-order chi connectivity index (χ1) is 19.7. The molecule has 0 radical (unpaired) electrons. The molecule has 0 amide bonds. The first-order valence-corrected chi connectivity index (χ1v) is 13.9. The minimum atomic E-state index is -4.59. The van der Waals surface area contributed by atoms with Gasteiger partial charge in [0, 0.05) is 19.6 Å². The number of ether oxygens (including phenoxy) is 1. The van der Waals surface area contributed by atoms with Crippen molar-refractivity contribution in [3.63, 3.8) is 0 Å². The number of aryl methyl sites for hydroxylation is 1. The zero-order chi connectivity index (χ0) is 29.1. The summed E-state index contributed by atoms with van der Waals surface area (Å²) in [4.78, 5) is 13.9. The van der Waals surface area contributed by atoms with Crippen LogP contribution in [-0.4, -0.2) is 49.4 Å². The van der Waals surface area contributed by atoms with Crippen molar-refractivity contribution in [2.45, 2.75) is 38.3 Å². The van der Waals surface area contributed by atoms with Crippen LogP contribution in [0, 0.1) is 5.92 Å². The van der Waals surface area contributed by atoms with Gasteiger partial charge in [0.05, 0.1) is 24.9 Å². The van der Waals surface area contributed by atoms with E-state index in [0.717, 1.165) is 54.4 Å². The molecule has 224 valence electrons. The van der Waals surface area contributed by atoms with Crippen LogP contribution in [0.4, 0.5) is 17.6 Å². The molecule has 0 unspecified atom stereocenters. The molecular weight excluding hydrogens is 570 g/mol. The van der Waals surface area contributed by atoms with Crippen molar-refractivity contribution in [2.75, 3.05) is 33.4 Å². The highest BCUT2D eigenvalue weighted by Crippen LogP contribution is 2.45.